The summed E-state index contributed by atoms with van der Waals surface area (Å²) < 4.78 is 0. The molecule has 0 fully saturated rings. The molecule has 9 heteroatoms. The van der Waals surface area contributed by atoms with E-state index >= 15 is 0 Å². The molecule has 0 aliphatic carbocycles. The van der Waals surface area contributed by atoms with Gasteiger partial charge in [0.15, 0.2) is 0 Å². The van der Waals surface area contributed by atoms with Gasteiger partial charge in [0.05, 0.1) is 5.97 Å². The smallest absolute Gasteiger partial charge is 0.235 e. The van der Waals surface area contributed by atoms with Crippen LogP contribution in [-0.4, -0.2) is 28.0 Å². The molecule has 1 heterocycles. The Bertz CT molecular complexity index is 744. The minimum Gasteiger partial charge on any atom is -0.545 e. The van der Waals surface area contributed by atoms with Gasteiger partial charge in [-0.1, -0.05) is 36.5 Å². The number of benzene rings is 1. The molecule has 2 rings (SSSR count). The molecule has 0 saturated carbocycles. The highest BCUT2D eigenvalue weighted by Crippen LogP contribution is 2.16. The summed E-state index contributed by atoms with van der Waals surface area (Å²) in [4.78, 5) is 34.5. The Hall–Kier alpha value is -2.81. The fourth-order valence-corrected chi connectivity index (χ4v) is 2.42. The molecular weight excluding hydrogens is 320 g/mol. The Kier molecular flexibility index (Phi) is 5.36. The minimum absolute atomic E-state index is 0.0782. The first kappa shape index (κ1) is 16.6. The fraction of sp³-hybridized carbons (Fsp3) is 0.214. The minimum atomic E-state index is -1.41. The molecule has 0 bridgehead atoms. The molecule has 0 aliphatic heterocycles. The van der Waals surface area contributed by atoms with Crippen molar-refractivity contribution in [2.75, 3.05) is 10.6 Å². The van der Waals surface area contributed by atoms with Crippen LogP contribution in [0.1, 0.15) is 28.7 Å². The van der Waals surface area contributed by atoms with Crippen molar-refractivity contribution in [1.82, 2.24) is 10.2 Å². The molecule has 0 spiro atoms. The number of carbonyl (C=O) groups excluding carboxylic acids is 3. The van der Waals surface area contributed by atoms with E-state index in [1.807, 2.05) is 6.92 Å². The van der Waals surface area contributed by atoms with E-state index in [1.54, 1.807) is 6.07 Å². The summed E-state index contributed by atoms with van der Waals surface area (Å²) in [5, 5.41) is 24.5. The number of aromatic carboxylic acids is 1. The highest BCUT2D eigenvalue weighted by atomic mass is 32.1. The number of anilines is 2. The zero-order valence-electron chi connectivity index (χ0n) is 12.2. The number of nitrogens with one attached hydrogen (secondary N) is 2. The van der Waals surface area contributed by atoms with Gasteiger partial charge >= 0.3 is 0 Å². The number of aromatic nitrogens is 2. The van der Waals surface area contributed by atoms with E-state index in [0.717, 1.165) is 5.01 Å². The summed E-state index contributed by atoms with van der Waals surface area (Å²) in [5.74, 6) is -2.62. The second kappa shape index (κ2) is 7.45. The van der Waals surface area contributed by atoms with Crippen LogP contribution in [0, 0.1) is 0 Å². The van der Waals surface area contributed by atoms with Crippen molar-refractivity contribution < 1.29 is 19.5 Å². The Morgan fingerprint density at radius 1 is 1.13 bits per heavy atom. The number of nitrogens with zero attached hydrogens (tertiary/aromatic N) is 2. The third-order valence-electron chi connectivity index (χ3n) is 2.76. The average Bonchev–Trinajstić information content (AvgIpc) is 2.94. The number of hydrogen-bond donors (Lipinski definition) is 2. The first-order chi connectivity index (χ1) is 11.0. The van der Waals surface area contributed by atoms with Crippen LogP contribution in [0.15, 0.2) is 24.3 Å². The number of carboxylic acid groups (broad SMARTS) is 1. The van der Waals surface area contributed by atoms with Gasteiger partial charge in [0.2, 0.25) is 16.9 Å². The lowest BCUT2D eigenvalue weighted by Crippen LogP contribution is -2.26. The van der Waals surface area contributed by atoms with E-state index in [-0.39, 0.29) is 11.3 Å². The van der Waals surface area contributed by atoms with Crippen molar-refractivity contribution in [2.24, 2.45) is 0 Å². The summed E-state index contributed by atoms with van der Waals surface area (Å²) in [6.07, 6.45) is 0.233. The Balaban J connectivity index is 1.94. The molecule has 0 aliphatic rings. The van der Waals surface area contributed by atoms with Gasteiger partial charge in [0, 0.05) is 11.3 Å². The van der Waals surface area contributed by atoms with Crippen molar-refractivity contribution in [3.05, 3.63) is 34.8 Å². The van der Waals surface area contributed by atoms with E-state index in [2.05, 4.69) is 20.8 Å². The largest absolute Gasteiger partial charge is 0.545 e. The van der Waals surface area contributed by atoms with Crippen LogP contribution in [0.5, 0.6) is 0 Å². The second-order valence-electron chi connectivity index (χ2n) is 4.46. The van der Waals surface area contributed by atoms with Crippen LogP contribution in [-0.2, 0) is 16.0 Å². The monoisotopic (exact) mass is 333 g/mol. The topological polar surface area (TPSA) is 124 Å². The Morgan fingerprint density at radius 3 is 2.48 bits per heavy atom. The predicted molar refractivity (Wildman–Crippen MR) is 81.9 cm³/mol. The summed E-state index contributed by atoms with van der Waals surface area (Å²) in [7, 11) is 0. The third kappa shape index (κ3) is 4.58. The summed E-state index contributed by atoms with van der Waals surface area (Å²) in [6.45, 7) is 1.91. The fourth-order valence-electron chi connectivity index (χ4n) is 1.72. The molecular formula is C14H13N4O4S-. The van der Waals surface area contributed by atoms with Gasteiger partial charge in [-0.15, -0.1) is 10.2 Å². The molecule has 120 valence electrons. The summed E-state index contributed by atoms with van der Waals surface area (Å²) in [5.41, 5.74) is -0.0764. The lowest BCUT2D eigenvalue weighted by Gasteiger charge is -2.11. The quantitative estimate of drug-likeness (QED) is 0.739. The summed E-state index contributed by atoms with van der Waals surface area (Å²) >= 11 is 1.23. The number of rotatable bonds is 6. The van der Waals surface area contributed by atoms with Gasteiger partial charge < -0.3 is 20.5 Å². The van der Waals surface area contributed by atoms with E-state index in [1.165, 1.54) is 29.5 Å². The molecule has 0 radical (unpaired) electrons. The summed E-state index contributed by atoms with van der Waals surface area (Å²) in [6, 6.07) is 5.79. The maximum Gasteiger partial charge on any atom is 0.235 e. The van der Waals surface area contributed by atoms with Crippen LogP contribution in [0.2, 0.25) is 0 Å². The Morgan fingerprint density at radius 2 is 1.83 bits per heavy atom. The molecule has 0 saturated heterocycles. The van der Waals surface area contributed by atoms with E-state index < -0.39 is 24.2 Å². The SMILES string of the molecule is CCc1nnc(NC(=O)CC(=O)Nc2ccccc2C(=O)[O-])s1. The van der Waals surface area contributed by atoms with Crippen molar-refractivity contribution in [3.8, 4) is 0 Å². The molecule has 1 aromatic carbocycles. The maximum atomic E-state index is 11.8. The molecule has 0 unspecified atom stereocenters. The molecule has 2 aromatic rings. The first-order valence-electron chi connectivity index (χ1n) is 6.72. The van der Waals surface area contributed by atoms with Crippen LogP contribution in [0.3, 0.4) is 0 Å². The van der Waals surface area contributed by atoms with Crippen LogP contribution >= 0.6 is 11.3 Å². The maximum absolute atomic E-state index is 11.8. The van der Waals surface area contributed by atoms with E-state index in [0.29, 0.717) is 11.6 Å². The number of carbonyl (C=O) groups is 3. The van der Waals surface area contributed by atoms with Gasteiger partial charge in [0.1, 0.15) is 11.4 Å². The number of hydrogen-bond acceptors (Lipinski definition) is 7. The van der Waals surface area contributed by atoms with Gasteiger partial charge in [-0.25, -0.2) is 0 Å². The molecule has 2 amide bonds. The van der Waals surface area contributed by atoms with Gasteiger partial charge in [-0.2, -0.15) is 0 Å². The lowest BCUT2D eigenvalue weighted by atomic mass is 10.2. The van der Waals surface area contributed by atoms with E-state index in [4.69, 9.17) is 0 Å². The van der Waals surface area contributed by atoms with Gasteiger partial charge in [-0.3, -0.25) is 9.59 Å². The molecule has 1 aromatic heterocycles. The third-order valence-corrected chi connectivity index (χ3v) is 3.74. The van der Waals surface area contributed by atoms with Gasteiger partial charge in [0.25, 0.3) is 0 Å². The molecule has 0 atom stereocenters. The zero-order chi connectivity index (χ0) is 16.8. The van der Waals surface area contributed by atoms with Gasteiger partial charge in [-0.05, 0) is 12.5 Å². The second-order valence-corrected chi connectivity index (χ2v) is 5.52. The number of para-hydroxylation sites is 1. The highest BCUT2D eigenvalue weighted by molar-refractivity contribution is 7.15. The normalized spacial score (nSPS) is 10.1. The highest BCUT2D eigenvalue weighted by Gasteiger charge is 2.13. The zero-order valence-corrected chi connectivity index (χ0v) is 13.0. The molecule has 23 heavy (non-hydrogen) atoms. The van der Waals surface area contributed by atoms with Crippen LogP contribution < -0.4 is 15.7 Å². The van der Waals surface area contributed by atoms with Crippen LogP contribution in [0.4, 0.5) is 10.8 Å². The number of amides is 2. The number of carboxylic acids is 1. The lowest BCUT2D eigenvalue weighted by molar-refractivity contribution is -0.254. The van der Waals surface area contributed by atoms with Crippen molar-refractivity contribution in [3.63, 3.8) is 0 Å². The van der Waals surface area contributed by atoms with Crippen LogP contribution in [0.25, 0.3) is 0 Å². The number of aryl methyl sites for hydroxylation is 1. The van der Waals surface area contributed by atoms with Crippen molar-refractivity contribution >= 4 is 39.9 Å². The van der Waals surface area contributed by atoms with Crippen molar-refractivity contribution in [2.45, 2.75) is 19.8 Å². The molecule has 2 N–H and O–H groups in total. The Labute approximate surface area is 135 Å². The van der Waals surface area contributed by atoms with E-state index in [9.17, 15) is 19.5 Å². The standard InChI is InChI=1S/C14H14N4O4S/c1-2-12-17-18-14(23-12)16-11(20)7-10(19)15-9-6-4-3-5-8(9)13(21)22/h3-6H,2,7H2,1H3,(H,15,19)(H,21,22)(H,16,18,20)/p-1. The van der Waals surface area contributed by atoms with Crippen molar-refractivity contribution in [1.29, 1.82) is 0 Å². The predicted octanol–water partition coefficient (Wildman–Crippen LogP) is 0.431. The average molecular weight is 333 g/mol. The molecule has 8 nitrogen and oxygen atoms in total. The first-order valence-corrected chi connectivity index (χ1v) is 7.53.